The lowest BCUT2D eigenvalue weighted by atomic mass is 9.97. The first-order valence-electron chi connectivity index (χ1n) is 10.00. The number of aryl methyl sites for hydroxylation is 2. The summed E-state index contributed by atoms with van der Waals surface area (Å²) >= 11 is 0. The van der Waals surface area contributed by atoms with E-state index in [1.54, 1.807) is 4.68 Å². The van der Waals surface area contributed by atoms with E-state index in [0.29, 0.717) is 12.6 Å². The summed E-state index contributed by atoms with van der Waals surface area (Å²) in [6.07, 6.45) is 8.45. The van der Waals surface area contributed by atoms with Crippen LogP contribution in [0.3, 0.4) is 0 Å². The monoisotopic (exact) mass is 360 g/mol. The molecule has 0 N–H and O–H groups in total. The Kier molecular flexibility index (Phi) is 4.15. The second-order valence-corrected chi connectivity index (χ2v) is 7.68. The summed E-state index contributed by atoms with van der Waals surface area (Å²) in [4.78, 5) is 19.5. The van der Waals surface area contributed by atoms with Crippen LogP contribution in [0.4, 0.5) is 5.69 Å². The maximum atomic E-state index is 12.6. The summed E-state index contributed by atoms with van der Waals surface area (Å²) in [5.41, 5.74) is 4.56. The molecular formula is C22H24N4O. The van der Waals surface area contributed by atoms with Crippen LogP contribution in [0.15, 0.2) is 47.4 Å². The van der Waals surface area contributed by atoms with Gasteiger partial charge in [-0.1, -0.05) is 18.2 Å². The number of pyridine rings is 1. The first-order chi connectivity index (χ1) is 13.3. The van der Waals surface area contributed by atoms with E-state index in [2.05, 4.69) is 34.1 Å². The van der Waals surface area contributed by atoms with E-state index in [1.165, 1.54) is 23.9 Å². The highest BCUT2D eigenvalue weighted by molar-refractivity contribution is 5.91. The zero-order chi connectivity index (χ0) is 18.2. The van der Waals surface area contributed by atoms with Crippen LogP contribution in [0.1, 0.15) is 36.9 Å². The molecule has 0 radical (unpaired) electrons. The molecule has 3 heterocycles. The molecular weight excluding hydrogens is 336 g/mol. The van der Waals surface area contributed by atoms with Gasteiger partial charge in [0.05, 0.1) is 17.8 Å². The van der Waals surface area contributed by atoms with E-state index >= 15 is 0 Å². The van der Waals surface area contributed by atoms with Crippen LogP contribution in [0.5, 0.6) is 0 Å². The van der Waals surface area contributed by atoms with E-state index in [9.17, 15) is 4.79 Å². The number of anilines is 1. The normalized spacial score (nSPS) is 19.4. The van der Waals surface area contributed by atoms with Gasteiger partial charge in [0.25, 0.3) is 5.56 Å². The van der Waals surface area contributed by atoms with Crippen LogP contribution in [-0.2, 0) is 19.4 Å². The number of hydrogen-bond acceptors (Lipinski definition) is 4. The maximum Gasteiger partial charge on any atom is 0.267 e. The van der Waals surface area contributed by atoms with Crippen molar-refractivity contribution in [2.24, 2.45) is 0 Å². The predicted molar refractivity (Wildman–Crippen MR) is 107 cm³/mol. The topological polar surface area (TPSA) is 51.0 Å². The number of nitrogens with zero attached hydrogens (tertiary/aromatic N) is 4. The minimum atomic E-state index is 0.0436. The van der Waals surface area contributed by atoms with Gasteiger partial charge < -0.3 is 4.90 Å². The summed E-state index contributed by atoms with van der Waals surface area (Å²) in [7, 11) is 0. The number of aromatic nitrogens is 3. The van der Waals surface area contributed by atoms with E-state index in [0.717, 1.165) is 49.0 Å². The van der Waals surface area contributed by atoms with Crippen molar-refractivity contribution in [3.8, 4) is 0 Å². The molecule has 0 spiro atoms. The molecule has 3 aromatic rings. The lowest BCUT2D eigenvalue weighted by Crippen LogP contribution is -2.38. The predicted octanol–water partition coefficient (Wildman–Crippen LogP) is 3.34. The second kappa shape index (κ2) is 6.80. The van der Waals surface area contributed by atoms with Crippen molar-refractivity contribution in [2.45, 2.75) is 51.1 Å². The maximum absolute atomic E-state index is 12.6. The molecule has 1 saturated heterocycles. The van der Waals surface area contributed by atoms with E-state index in [1.807, 2.05) is 18.3 Å². The molecule has 0 bridgehead atoms. The number of hydrogen-bond donors (Lipinski definition) is 0. The molecule has 0 saturated carbocycles. The Morgan fingerprint density at radius 1 is 1.07 bits per heavy atom. The number of rotatable bonds is 3. The average molecular weight is 360 g/mol. The lowest BCUT2D eigenvalue weighted by Gasteiger charge is -2.28. The molecule has 1 aliphatic carbocycles. The van der Waals surface area contributed by atoms with Crippen LogP contribution in [0, 0.1) is 0 Å². The molecule has 5 heteroatoms. The number of benzene rings is 1. The van der Waals surface area contributed by atoms with Gasteiger partial charge in [0.2, 0.25) is 0 Å². The standard InChI is InChI=1S/C22H24N4O/c27-22-14-16-6-1-3-9-19(16)24-26(22)15-17-7-5-13-25(17)21-11-12-23-20-10-4-2-8-18(20)21/h2,4,8,10-12,14,17H,1,3,5-7,9,13,15H2. The minimum Gasteiger partial charge on any atom is -0.366 e. The Morgan fingerprint density at radius 2 is 1.96 bits per heavy atom. The second-order valence-electron chi connectivity index (χ2n) is 7.68. The van der Waals surface area contributed by atoms with Gasteiger partial charge in [-0.15, -0.1) is 0 Å². The molecule has 0 amide bonds. The fourth-order valence-electron chi connectivity index (χ4n) is 4.61. The van der Waals surface area contributed by atoms with Crippen LogP contribution in [0.2, 0.25) is 0 Å². The highest BCUT2D eigenvalue weighted by Crippen LogP contribution is 2.31. The summed E-state index contributed by atoms with van der Waals surface area (Å²) in [6, 6.07) is 12.5. The third-order valence-corrected chi connectivity index (χ3v) is 5.97. The molecule has 2 aromatic heterocycles. The number of para-hydroxylation sites is 1. The smallest absolute Gasteiger partial charge is 0.267 e. The van der Waals surface area contributed by atoms with Crippen molar-refractivity contribution in [3.05, 3.63) is 64.2 Å². The average Bonchev–Trinajstić information content (AvgIpc) is 3.16. The fraction of sp³-hybridized carbons (Fsp3) is 0.409. The van der Waals surface area contributed by atoms with Crippen molar-refractivity contribution in [2.75, 3.05) is 11.4 Å². The highest BCUT2D eigenvalue weighted by atomic mass is 16.1. The first-order valence-corrected chi connectivity index (χ1v) is 10.00. The van der Waals surface area contributed by atoms with Gasteiger partial charge in [-0.3, -0.25) is 9.78 Å². The van der Waals surface area contributed by atoms with Gasteiger partial charge >= 0.3 is 0 Å². The SMILES string of the molecule is O=c1cc2c(nn1CC1CCCN1c1ccnc3ccccc13)CCCC2. The molecule has 1 aliphatic heterocycles. The van der Waals surface area contributed by atoms with Gasteiger partial charge in [-0.05, 0) is 56.2 Å². The van der Waals surface area contributed by atoms with Gasteiger partial charge in [-0.2, -0.15) is 5.10 Å². The van der Waals surface area contributed by atoms with Crippen LogP contribution < -0.4 is 10.5 Å². The highest BCUT2D eigenvalue weighted by Gasteiger charge is 2.27. The van der Waals surface area contributed by atoms with E-state index in [4.69, 9.17) is 5.10 Å². The third kappa shape index (κ3) is 3.01. The molecule has 1 fully saturated rings. The molecule has 138 valence electrons. The molecule has 2 aliphatic rings. The molecule has 5 rings (SSSR count). The lowest BCUT2D eigenvalue weighted by molar-refractivity contribution is 0.474. The molecule has 27 heavy (non-hydrogen) atoms. The molecule has 1 unspecified atom stereocenters. The van der Waals surface area contributed by atoms with E-state index < -0.39 is 0 Å². The zero-order valence-corrected chi connectivity index (χ0v) is 15.5. The summed E-state index contributed by atoms with van der Waals surface area (Å²) in [6.45, 7) is 1.67. The fourth-order valence-corrected chi connectivity index (χ4v) is 4.61. The third-order valence-electron chi connectivity index (χ3n) is 5.97. The van der Waals surface area contributed by atoms with Crippen LogP contribution in [0.25, 0.3) is 10.9 Å². The van der Waals surface area contributed by atoms with Crippen molar-refractivity contribution >= 4 is 16.6 Å². The Bertz CT molecular complexity index is 1040. The summed E-state index contributed by atoms with van der Waals surface area (Å²) < 4.78 is 1.70. The summed E-state index contributed by atoms with van der Waals surface area (Å²) in [5, 5.41) is 5.91. The van der Waals surface area contributed by atoms with Gasteiger partial charge in [0.1, 0.15) is 0 Å². The summed E-state index contributed by atoms with van der Waals surface area (Å²) in [5.74, 6) is 0. The minimum absolute atomic E-state index is 0.0436. The molecule has 5 nitrogen and oxygen atoms in total. The van der Waals surface area contributed by atoms with Crippen molar-refractivity contribution < 1.29 is 0 Å². The Balaban J connectivity index is 1.48. The van der Waals surface area contributed by atoms with Crippen LogP contribution >= 0.6 is 0 Å². The van der Waals surface area contributed by atoms with Crippen molar-refractivity contribution in [1.82, 2.24) is 14.8 Å². The largest absolute Gasteiger partial charge is 0.366 e. The first kappa shape index (κ1) is 16.5. The molecule has 1 aromatic carbocycles. The van der Waals surface area contributed by atoms with Gasteiger partial charge in [-0.25, -0.2) is 4.68 Å². The van der Waals surface area contributed by atoms with Gasteiger partial charge in [0, 0.05) is 35.9 Å². The Hall–Kier alpha value is -2.69. The Morgan fingerprint density at radius 3 is 2.93 bits per heavy atom. The molecule has 1 atom stereocenters. The quantitative estimate of drug-likeness (QED) is 0.719. The van der Waals surface area contributed by atoms with Gasteiger partial charge in [0.15, 0.2) is 0 Å². The van der Waals surface area contributed by atoms with Crippen LogP contribution in [-0.4, -0.2) is 27.4 Å². The van der Waals surface area contributed by atoms with E-state index in [-0.39, 0.29) is 5.56 Å². The van der Waals surface area contributed by atoms with Crippen molar-refractivity contribution in [3.63, 3.8) is 0 Å². The van der Waals surface area contributed by atoms with Crippen molar-refractivity contribution in [1.29, 1.82) is 0 Å². The zero-order valence-electron chi connectivity index (χ0n) is 15.5. The number of fused-ring (bicyclic) bond motifs is 2. The Labute approximate surface area is 158 Å².